The topological polar surface area (TPSA) is 71.7 Å². The van der Waals surface area contributed by atoms with E-state index in [1.165, 1.54) is 0 Å². The van der Waals surface area contributed by atoms with E-state index in [-0.39, 0.29) is 5.92 Å². The van der Waals surface area contributed by atoms with Crippen LogP contribution in [0.3, 0.4) is 0 Å². The van der Waals surface area contributed by atoms with Crippen molar-refractivity contribution in [1.29, 1.82) is 0 Å². The minimum absolute atomic E-state index is 0.149. The quantitative estimate of drug-likeness (QED) is 0.870. The summed E-state index contributed by atoms with van der Waals surface area (Å²) in [6.07, 6.45) is 5.15. The SMILES string of the molecule is Nc1cnccc1N1CCN(C(=O)C2CCOCC2)CC1. The number of amides is 1. The van der Waals surface area contributed by atoms with Gasteiger partial charge in [-0.3, -0.25) is 9.78 Å². The van der Waals surface area contributed by atoms with Crippen LogP contribution >= 0.6 is 0 Å². The highest BCUT2D eigenvalue weighted by atomic mass is 16.5. The summed E-state index contributed by atoms with van der Waals surface area (Å²) >= 11 is 0. The summed E-state index contributed by atoms with van der Waals surface area (Å²) in [5, 5.41) is 0. The predicted molar refractivity (Wildman–Crippen MR) is 81.0 cm³/mol. The lowest BCUT2D eigenvalue weighted by Gasteiger charge is -2.38. The number of carbonyl (C=O) groups is 1. The molecule has 0 aromatic carbocycles. The van der Waals surface area contributed by atoms with Gasteiger partial charge in [-0.25, -0.2) is 0 Å². The van der Waals surface area contributed by atoms with Crippen molar-refractivity contribution in [2.24, 2.45) is 5.92 Å². The van der Waals surface area contributed by atoms with Crippen LogP contribution in [0.1, 0.15) is 12.8 Å². The number of nitrogen functional groups attached to an aromatic ring is 1. The van der Waals surface area contributed by atoms with Gasteiger partial charge in [0.05, 0.1) is 17.6 Å². The molecule has 1 amide bonds. The maximum Gasteiger partial charge on any atom is 0.225 e. The van der Waals surface area contributed by atoms with E-state index in [2.05, 4.69) is 9.88 Å². The lowest BCUT2D eigenvalue weighted by molar-refractivity contribution is -0.138. The first-order valence-electron chi connectivity index (χ1n) is 7.56. The standard InChI is InChI=1S/C15H22N4O2/c16-13-11-17-4-1-14(13)18-5-7-19(8-6-18)15(20)12-2-9-21-10-3-12/h1,4,11-12H,2-3,5-10,16H2. The number of aromatic nitrogens is 1. The normalized spacial score (nSPS) is 20.6. The van der Waals surface area contributed by atoms with Gasteiger partial charge in [0.2, 0.25) is 5.91 Å². The zero-order valence-corrected chi connectivity index (χ0v) is 12.2. The van der Waals surface area contributed by atoms with Crippen molar-refractivity contribution in [1.82, 2.24) is 9.88 Å². The Balaban J connectivity index is 1.57. The molecule has 0 bridgehead atoms. The number of ether oxygens (including phenoxy) is 1. The number of anilines is 2. The van der Waals surface area contributed by atoms with Crippen LogP contribution in [0, 0.1) is 5.92 Å². The Hall–Kier alpha value is -1.82. The van der Waals surface area contributed by atoms with E-state index in [0.29, 0.717) is 24.8 Å². The number of hydrogen-bond donors (Lipinski definition) is 1. The van der Waals surface area contributed by atoms with Crippen LogP contribution in [0.15, 0.2) is 18.5 Å². The average molecular weight is 290 g/mol. The van der Waals surface area contributed by atoms with Gasteiger partial charge in [-0.15, -0.1) is 0 Å². The Kier molecular flexibility index (Phi) is 4.24. The maximum atomic E-state index is 12.5. The molecule has 0 spiro atoms. The molecule has 0 atom stereocenters. The smallest absolute Gasteiger partial charge is 0.225 e. The summed E-state index contributed by atoms with van der Waals surface area (Å²) in [5.74, 6) is 0.442. The monoisotopic (exact) mass is 290 g/mol. The molecule has 6 heteroatoms. The van der Waals surface area contributed by atoms with Gasteiger partial charge in [0, 0.05) is 51.5 Å². The van der Waals surface area contributed by atoms with Crippen molar-refractivity contribution in [2.75, 3.05) is 50.0 Å². The highest BCUT2D eigenvalue weighted by Gasteiger charge is 2.29. The Morgan fingerprint density at radius 1 is 1.24 bits per heavy atom. The van der Waals surface area contributed by atoms with Gasteiger partial charge in [-0.05, 0) is 18.9 Å². The van der Waals surface area contributed by atoms with Crippen LogP contribution in [0.5, 0.6) is 0 Å². The second-order valence-electron chi connectivity index (χ2n) is 5.63. The maximum absolute atomic E-state index is 12.5. The number of carbonyl (C=O) groups excluding carboxylic acids is 1. The van der Waals surface area contributed by atoms with Gasteiger partial charge in [0.25, 0.3) is 0 Å². The van der Waals surface area contributed by atoms with Crippen molar-refractivity contribution in [3.05, 3.63) is 18.5 Å². The summed E-state index contributed by atoms with van der Waals surface area (Å²) in [4.78, 5) is 20.7. The van der Waals surface area contributed by atoms with Gasteiger partial charge < -0.3 is 20.3 Å². The first-order valence-corrected chi connectivity index (χ1v) is 7.56. The Morgan fingerprint density at radius 2 is 1.95 bits per heavy atom. The number of hydrogen-bond acceptors (Lipinski definition) is 5. The van der Waals surface area contributed by atoms with E-state index in [1.54, 1.807) is 12.4 Å². The van der Waals surface area contributed by atoms with Gasteiger partial charge in [0.15, 0.2) is 0 Å². The van der Waals surface area contributed by atoms with Crippen LogP contribution in [-0.2, 0) is 9.53 Å². The van der Waals surface area contributed by atoms with Crippen molar-refractivity contribution in [2.45, 2.75) is 12.8 Å². The van der Waals surface area contributed by atoms with E-state index in [1.807, 2.05) is 11.0 Å². The van der Waals surface area contributed by atoms with E-state index < -0.39 is 0 Å². The van der Waals surface area contributed by atoms with Crippen molar-refractivity contribution < 1.29 is 9.53 Å². The molecule has 2 N–H and O–H groups in total. The third kappa shape index (κ3) is 3.10. The van der Waals surface area contributed by atoms with E-state index in [4.69, 9.17) is 10.5 Å². The Bertz CT molecular complexity index is 494. The zero-order valence-electron chi connectivity index (χ0n) is 12.2. The number of nitrogens with zero attached hydrogens (tertiary/aromatic N) is 3. The first kappa shape index (κ1) is 14.1. The average Bonchev–Trinajstić information content (AvgIpc) is 2.56. The minimum atomic E-state index is 0.149. The van der Waals surface area contributed by atoms with Crippen molar-refractivity contribution in [3.63, 3.8) is 0 Å². The first-order chi connectivity index (χ1) is 10.3. The van der Waals surface area contributed by atoms with E-state index >= 15 is 0 Å². The number of pyridine rings is 1. The fraction of sp³-hybridized carbons (Fsp3) is 0.600. The minimum Gasteiger partial charge on any atom is -0.396 e. The third-order valence-electron chi connectivity index (χ3n) is 4.33. The zero-order chi connectivity index (χ0) is 14.7. The second kappa shape index (κ2) is 6.30. The second-order valence-corrected chi connectivity index (χ2v) is 5.63. The molecule has 2 aliphatic rings. The predicted octanol–water partition coefficient (Wildman–Crippen LogP) is 0.739. The third-order valence-corrected chi connectivity index (χ3v) is 4.33. The molecule has 0 radical (unpaired) electrons. The number of nitrogens with two attached hydrogens (primary N) is 1. The Labute approximate surface area is 124 Å². The molecule has 114 valence electrons. The Morgan fingerprint density at radius 3 is 2.62 bits per heavy atom. The van der Waals surface area contributed by atoms with Crippen LogP contribution in [-0.4, -0.2) is 55.2 Å². The number of rotatable bonds is 2. The molecule has 21 heavy (non-hydrogen) atoms. The summed E-state index contributed by atoms with van der Waals surface area (Å²) in [6, 6.07) is 1.94. The molecule has 6 nitrogen and oxygen atoms in total. The number of piperazine rings is 1. The molecule has 1 aromatic heterocycles. The van der Waals surface area contributed by atoms with Gasteiger partial charge in [0.1, 0.15) is 0 Å². The highest BCUT2D eigenvalue weighted by Crippen LogP contribution is 2.24. The van der Waals surface area contributed by atoms with Crippen LogP contribution in [0.2, 0.25) is 0 Å². The summed E-state index contributed by atoms with van der Waals surface area (Å²) < 4.78 is 5.33. The molecule has 2 aliphatic heterocycles. The van der Waals surface area contributed by atoms with Gasteiger partial charge in [-0.1, -0.05) is 0 Å². The highest BCUT2D eigenvalue weighted by molar-refractivity contribution is 5.79. The molecule has 2 saturated heterocycles. The molecule has 0 saturated carbocycles. The molecular formula is C15H22N4O2. The molecule has 0 aliphatic carbocycles. The van der Waals surface area contributed by atoms with Crippen molar-refractivity contribution >= 4 is 17.3 Å². The van der Waals surface area contributed by atoms with Crippen molar-refractivity contribution in [3.8, 4) is 0 Å². The molecule has 3 rings (SSSR count). The lowest BCUT2D eigenvalue weighted by atomic mass is 9.98. The molecular weight excluding hydrogens is 268 g/mol. The molecule has 0 unspecified atom stereocenters. The summed E-state index contributed by atoms with van der Waals surface area (Å²) in [6.45, 7) is 4.59. The lowest BCUT2D eigenvalue weighted by Crippen LogP contribution is -2.51. The molecule has 1 aromatic rings. The van der Waals surface area contributed by atoms with E-state index in [0.717, 1.165) is 44.7 Å². The van der Waals surface area contributed by atoms with Crippen LogP contribution in [0.4, 0.5) is 11.4 Å². The largest absolute Gasteiger partial charge is 0.396 e. The fourth-order valence-corrected chi connectivity index (χ4v) is 3.06. The molecule has 3 heterocycles. The van der Waals surface area contributed by atoms with Crippen LogP contribution < -0.4 is 10.6 Å². The fourth-order valence-electron chi connectivity index (χ4n) is 3.06. The van der Waals surface area contributed by atoms with Gasteiger partial charge in [-0.2, -0.15) is 0 Å². The van der Waals surface area contributed by atoms with E-state index in [9.17, 15) is 4.79 Å². The summed E-state index contributed by atoms with van der Waals surface area (Å²) in [5.41, 5.74) is 7.68. The summed E-state index contributed by atoms with van der Waals surface area (Å²) in [7, 11) is 0. The van der Waals surface area contributed by atoms with Gasteiger partial charge >= 0.3 is 0 Å². The molecule has 2 fully saturated rings. The van der Waals surface area contributed by atoms with Crippen LogP contribution in [0.25, 0.3) is 0 Å².